The zero-order valence-corrected chi connectivity index (χ0v) is 17.0. The Morgan fingerprint density at radius 2 is 2.00 bits per heavy atom. The van der Waals surface area contributed by atoms with Gasteiger partial charge in [0.25, 0.3) is 5.91 Å². The number of rotatable bonds is 7. The third-order valence-electron chi connectivity index (χ3n) is 4.13. The molecule has 0 atom stereocenters. The number of anilines is 1. The summed E-state index contributed by atoms with van der Waals surface area (Å²) in [4.78, 5) is 12.7. The lowest BCUT2D eigenvalue weighted by atomic mass is 10.1. The molecule has 0 fully saturated rings. The van der Waals surface area contributed by atoms with Gasteiger partial charge in [-0.1, -0.05) is 59.5 Å². The monoisotopic (exact) mass is 429 g/mol. The molecule has 2 heterocycles. The SMILES string of the molecule is COCc1c(C(=O)Nc2nnc(SCc3ccccc3F)s2)oc2ccccc12. The Morgan fingerprint density at radius 3 is 2.83 bits per heavy atom. The summed E-state index contributed by atoms with van der Waals surface area (Å²) in [6.07, 6.45) is 0. The van der Waals surface area contributed by atoms with Gasteiger partial charge >= 0.3 is 0 Å². The highest BCUT2D eigenvalue weighted by Gasteiger charge is 2.21. The minimum Gasteiger partial charge on any atom is -0.451 e. The van der Waals surface area contributed by atoms with Gasteiger partial charge in [-0.05, 0) is 17.7 Å². The largest absolute Gasteiger partial charge is 0.451 e. The third-order valence-corrected chi connectivity index (χ3v) is 6.15. The van der Waals surface area contributed by atoms with Crippen molar-refractivity contribution < 1.29 is 18.3 Å². The first-order chi connectivity index (χ1) is 14.2. The number of halogens is 1. The summed E-state index contributed by atoms with van der Waals surface area (Å²) < 4.78 is 25.3. The van der Waals surface area contributed by atoms with Crippen LogP contribution >= 0.6 is 23.1 Å². The minimum absolute atomic E-state index is 0.184. The zero-order valence-electron chi connectivity index (χ0n) is 15.3. The van der Waals surface area contributed by atoms with Gasteiger partial charge in [-0.15, -0.1) is 10.2 Å². The zero-order chi connectivity index (χ0) is 20.2. The number of ether oxygens (including phenoxy) is 1. The molecule has 2 aromatic carbocycles. The van der Waals surface area contributed by atoms with Crippen LogP contribution in [0.25, 0.3) is 11.0 Å². The predicted molar refractivity (Wildman–Crippen MR) is 111 cm³/mol. The first-order valence-corrected chi connectivity index (χ1v) is 10.5. The van der Waals surface area contributed by atoms with Crippen molar-refractivity contribution in [3.63, 3.8) is 0 Å². The quantitative estimate of drug-likeness (QED) is 0.325. The molecule has 0 aliphatic rings. The fourth-order valence-corrected chi connectivity index (χ4v) is 4.53. The number of nitrogens with zero attached hydrogens (tertiary/aromatic N) is 2. The van der Waals surface area contributed by atoms with Gasteiger partial charge in [0.2, 0.25) is 5.13 Å². The Balaban J connectivity index is 1.47. The van der Waals surface area contributed by atoms with Crippen molar-refractivity contribution in [2.75, 3.05) is 12.4 Å². The molecular weight excluding hydrogens is 413 g/mol. The van der Waals surface area contributed by atoms with Crippen LogP contribution in [0.4, 0.5) is 9.52 Å². The topological polar surface area (TPSA) is 77.2 Å². The van der Waals surface area contributed by atoms with E-state index in [4.69, 9.17) is 9.15 Å². The van der Waals surface area contributed by atoms with Crippen molar-refractivity contribution in [2.45, 2.75) is 16.7 Å². The van der Waals surface area contributed by atoms with Crippen LogP contribution < -0.4 is 5.32 Å². The Labute approximate surface area is 174 Å². The van der Waals surface area contributed by atoms with E-state index < -0.39 is 5.91 Å². The summed E-state index contributed by atoms with van der Waals surface area (Å²) in [5.41, 5.74) is 1.88. The number of carbonyl (C=O) groups is 1. The molecule has 0 aliphatic heterocycles. The molecular formula is C20H16FN3O3S2. The molecule has 0 saturated heterocycles. The molecule has 1 amide bonds. The van der Waals surface area contributed by atoms with Gasteiger partial charge in [0, 0.05) is 23.8 Å². The average molecular weight is 429 g/mol. The molecule has 4 aromatic rings. The average Bonchev–Trinajstić information content (AvgIpc) is 3.32. The molecule has 0 spiro atoms. The summed E-state index contributed by atoms with van der Waals surface area (Å²) in [5.74, 6) is -0.0657. The molecule has 2 aromatic heterocycles. The van der Waals surface area contributed by atoms with Gasteiger partial charge in [-0.25, -0.2) is 4.39 Å². The lowest BCUT2D eigenvalue weighted by molar-refractivity contribution is 0.0992. The number of thioether (sulfide) groups is 1. The van der Waals surface area contributed by atoms with Gasteiger partial charge in [0.05, 0.1) is 6.61 Å². The standard InChI is InChI=1S/C20H16FN3O3S2/c1-26-10-14-13-7-3-5-9-16(13)27-17(14)18(25)22-19-23-24-20(29-19)28-11-12-6-2-4-8-15(12)21/h2-9H,10-11H2,1H3,(H,22,23,25). The van der Waals surface area contributed by atoms with Crippen molar-refractivity contribution in [1.29, 1.82) is 0 Å². The van der Waals surface area contributed by atoms with E-state index in [9.17, 15) is 9.18 Å². The third kappa shape index (κ3) is 4.31. The van der Waals surface area contributed by atoms with Crippen molar-refractivity contribution in [2.24, 2.45) is 0 Å². The predicted octanol–water partition coefficient (Wildman–Crippen LogP) is 5.11. The molecule has 0 unspecified atom stereocenters. The van der Waals surface area contributed by atoms with Crippen LogP contribution in [-0.4, -0.2) is 23.2 Å². The maximum Gasteiger partial charge on any atom is 0.293 e. The second-order valence-electron chi connectivity index (χ2n) is 6.05. The number of carbonyl (C=O) groups excluding carboxylic acids is 1. The minimum atomic E-state index is -0.421. The van der Waals surface area contributed by atoms with Gasteiger partial charge in [-0.3, -0.25) is 10.1 Å². The van der Waals surface area contributed by atoms with Gasteiger partial charge in [-0.2, -0.15) is 0 Å². The Bertz CT molecular complexity index is 1160. The first kappa shape index (κ1) is 19.6. The van der Waals surface area contributed by atoms with Gasteiger partial charge in [0.1, 0.15) is 11.4 Å². The van der Waals surface area contributed by atoms with E-state index in [-0.39, 0.29) is 18.2 Å². The second kappa shape index (κ2) is 8.73. The summed E-state index contributed by atoms with van der Waals surface area (Å²) in [5, 5.41) is 11.9. The van der Waals surface area contributed by atoms with E-state index >= 15 is 0 Å². The number of hydrogen-bond acceptors (Lipinski definition) is 7. The number of hydrogen-bond donors (Lipinski definition) is 1. The highest BCUT2D eigenvalue weighted by molar-refractivity contribution is 8.00. The molecule has 6 nitrogen and oxygen atoms in total. The van der Waals surface area contributed by atoms with E-state index in [2.05, 4.69) is 15.5 Å². The second-order valence-corrected chi connectivity index (χ2v) is 8.25. The summed E-state index contributed by atoms with van der Waals surface area (Å²) in [6.45, 7) is 0.250. The van der Waals surface area contributed by atoms with E-state index in [1.54, 1.807) is 31.4 Å². The molecule has 1 N–H and O–H groups in total. The first-order valence-electron chi connectivity index (χ1n) is 8.66. The number of aromatic nitrogens is 2. The van der Waals surface area contributed by atoms with Crippen molar-refractivity contribution in [3.05, 3.63) is 71.2 Å². The van der Waals surface area contributed by atoms with Gasteiger partial charge in [0.15, 0.2) is 10.1 Å². The van der Waals surface area contributed by atoms with Crippen LogP contribution in [0.15, 0.2) is 57.3 Å². The van der Waals surface area contributed by atoms with Crippen molar-refractivity contribution >= 4 is 45.1 Å². The smallest absolute Gasteiger partial charge is 0.293 e. The number of nitrogens with one attached hydrogen (secondary N) is 1. The molecule has 0 saturated carbocycles. The number of furan rings is 1. The van der Waals surface area contributed by atoms with E-state index in [1.165, 1.54) is 29.2 Å². The summed E-state index contributed by atoms with van der Waals surface area (Å²) in [7, 11) is 1.56. The molecule has 9 heteroatoms. The Morgan fingerprint density at radius 1 is 1.21 bits per heavy atom. The van der Waals surface area contributed by atoms with E-state index in [1.807, 2.05) is 18.2 Å². The normalized spacial score (nSPS) is 11.1. The molecule has 0 radical (unpaired) electrons. The highest BCUT2D eigenvalue weighted by Crippen LogP contribution is 2.31. The van der Waals surface area contributed by atoms with Crippen molar-refractivity contribution in [3.8, 4) is 0 Å². The lowest BCUT2D eigenvalue weighted by Crippen LogP contribution is -2.13. The number of amides is 1. The molecule has 0 aliphatic carbocycles. The number of benzene rings is 2. The Kier molecular flexibility index (Phi) is 5.89. The fraction of sp³-hybridized carbons (Fsp3) is 0.150. The maximum atomic E-state index is 13.7. The molecule has 29 heavy (non-hydrogen) atoms. The highest BCUT2D eigenvalue weighted by atomic mass is 32.2. The van der Waals surface area contributed by atoms with Crippen LogP contribution in [0.1, 0.15) is 21.7 Å². The van der Waals surface area contributed by atoms with Crippen LogP contribution in [0.3, 0.4) is 0 Å². The summed E-state index contributed by atoms with van der Waals surface area (Å²) in [6, 6.07) is 14.0. The maximum absolute atomic E-state index is 13.7. The molecule has 0 bridgehead atoms. The lowest BCUT2D eigenvalue weighted by Gasteiger charge is -2.02. The number of methoxy groups -OCH3 is 1. The van der Waals surface area contributed by atoms with Crippen LogP contribution in [0.5, 0.6) is 0 Å². The molecule has 148 valence electrons. The van der Waals surface area contributed by atoms with Crippen LogP contribution in [0, 0.1) is 5.82 Å². The van der Waals surface area contributed by atoms with Crippen molar-refractivity contribution in [1.82, 2.24) is 10.2 Å². The fourth-order valence-electron chi connectivity index (χ4n) is 2.80. The number of fused-ring (bicyclic) bond motifs is 1. The van der Waals surface area contributed by atoms with E-state index in [0.29, 0.717) is 31.9 Å². The number of para-hydroxylation sites is 1. The molecule has 4 rings (SSSR count). The van der Waals surface area contributed by atoms with Crippen LogP contribution in [-0.2, 0) is 17.1 Å². The van der Waals surface area contributed by atoms with E-state index in [0.717, 1.165) is 5.39 Å². The van der Waals surface area contributed by atoms with Crippen LogP contribution in [0.2, 0.25) is 0 Å². The van der Waals surface area contributed by atoms with Gasteiger partial charge < -0.3 is 9.15 Å². The Hall–Kier alpha value is -2.75. The summed E-state index contributed by atoms with van der Waals surface area (Å²) >= 11 is 2.58.